The van der Waals surface area contributed by atoms with Gasteiger partial charge < -0.3 is 15.2 Å². The fraction of sp³-hybridized carbons (Fsp3) is 0.182. The van der Waals surface area contributed by atoms with E-state index in [9.17, 15) is 4.79 Å². The zero-order valence-electron chi connectivity index (χ0n) is 15.7. The Labute approximate surface area is 163 Å². The Bertz CT molecular complexity index is 1010. The van der Waals surface area contributed by atoms with E-state index in [1.165, 1.54) is 0 Å². The van der Waals surface area contributed by atoms with E-state index >= 15 is 0 Å². The second kappa shape index (κ2) is 8.00. The van der Waals surface area contributed by atoms with Crippen LogP contribution >= 0.6 is 0 Å². The van der Waals surface area contributed by atoms with E-state index in [4.69, 9.17) is 0 Å². The average Bonchev–Trinajstić information content (AvgIpc) is 3.27. The van der Waals surface area contributed by atoms with Gasteiger partial charge in [0.2, 0.25) is 0 Å². The maximum Gasteiger partial charge on any atom is 0.315 e. The molecule has 0 unspecified atom stereocenters. The molecule has 142 valence electrons. The number of fused-ring (bicyclic) bond motifs is 1. The summed E-state index contributed by atoms with van der Waals surface area (Å²) in [6.45, 7) is 3.17. The third-order valence-corrected chi connectivity index (χ3v) is 4.70. The molecule has 6 nitrogen and oxygen atoms in total. The van der Waals surface area contributed by atoms with Gasteiger partial charge in [-0.05, 0) is 18.1 Å². The largest absolute Gasteiger partial charge is 0.336 e. The monoisotopic (exact) mass is 373 g/mol. The van der Waals surface area contributed by atoms with Gasteiger partial charge >= 0.3 is 6.03 Å². The van der Waals surface area contributed by atoms with Crippen molar-refractivity contribution >= 4 is 11.7 Å². The first-order valence-electron chi connectivity index (χ1n) is 9.36. The normalized spacial score (nSPS) is 11.1. The Morgan fingerprint density at radius 3 is 2.29 bits per heavy atom. The number of urea groups is 1. The number of carbonyl (C=O) groups excluding carboxylic acids is 1. The van der Waals surface area contributed by atoms with Gasteiger partial charge in [-0.2, -0.15) is 5.10 Å². The first kappa shape index (κ1) is 17.9. The van der Waals surface area contributed by atoms with Crippen molar-refractivity contribution in [2.75, 3.05) is 6.54 Å². The van der Waals surface area contributed by atoms with Crippen molar-refractivity contribution in [3.05, 3.63) is 95.9 Å². The minimum Gasteiger partial charge on any atom is -0.336 e. The Hall–Kier alpha value is -3.54. The van der Waals surface area contributed by atoms with Gasteiger partial charge in [0, 0.05) is 31.5 Å². The molecular weight excluding hydrogens is 350 g/mol. The number of nitrogens with one attached hydrogen (secondary N) is 2. The third-order valence-electron chi connectivity index (χ3n) is 4.70. The highest BCUT2D eigenvalue weighted by molar-refractivity contribution is 5.75. The van der Waals surface area contributed by atoms with Crippen LogP contribution in [0.1, 0.15) is 22.9 Å². The molecule has 0 saturated heterocycles. The number of rotatable bonds is 6. The van der Waals surface area contributed by atoms with Crippen molar-refractivity contribution in [1.29, 1.82) is 0 Å². The van der Waals surface area contributed by atoms with Crippen LogP contribution in [-0.2, 0) is 6.54 Å². The van der Waals surface area contributed by atoms with Crippen LogP contribution in [0, 0.1) is 6.92 Å². The lowest BCUT2D eigenvalue weighted by Gasteiger charge is -2.20. The summed E-state index contributed by atoms with van der Waals surface area (Å²) in [6, 6.07) is 21.6. The lowest BCUT2D eigenvalue weighted by Crippen LogP contribution is -2.39. The number of amides is 2. The van der Waals surface area contributed by atoms with Crippen LogP contribution in [0.5, 0.6) is 0 Å². The van der Waals surface area contributed by atoms with Crippen LogP contribution in [0.25, 0.3) is 5.65 Å². The molecule has 0 aliphatic carbocycles. The van der Waals surface area contributed by atoms with Crippen LogP contribution in [0.15, 0.2) is 79.1 Å². The quantitative estimate of drug-likeness (QED) is 0.543. The number of benzene rings is 2. The molecule has 0 saturated carbocycles. The average molecular weight is 373 g/mol. The highest BCUT2D eigenvalue weighted by Crippen LogP contribution is 2.21. The zero-order chi connectivity index (χ0) is 19.3. The van der Waals surface area contributed by atoms with E-state index in [2.05, 4.69) is 20.3 Å². The SMILES string of the molecule is Cc1cc2n(CCNC(=O)NC(c3ccccc3)c3ccccc3)ccn2n1. The first-order valence-corrected chi connectivity index (χ1v) is 9.36. The molecule has 4 aromatic rings. The molecule has 2 heterocycles. The molecule has 0 aliphatic heterocycles. The number of hydrogen-bond acceptors (Lipinski definition) is 2. The third kappa shape index (κ3) is 3.91. The van der Waals surface area contributed by atoms with Gasteiger partial charge in [-0.3, -0.25) is 0 Å². The van der Waals surface area contributed by atoms with E-state index < -0.39 is 0 Å². The fourth-order valence-corrected chi connectivity index (χ4v) is 3.36. The van der Waals surface area contributed by atoms with Crippen LogP contribution < -0.4 is 10.6 Å². The van der Waals surface area contributed by atoms with E-state index in [0.29, 0.717) is 13.1 Å². The predicted molar refractivity (Wildman–Crippen MR) is 109 cm³/mol. The molecule has 2 aromatic heterocycles. The molecule has 6 heteroatoms. The van der Waals surface area contributed by atoms with Gasteiger partial charge in [0.05, 0.1) is 11.7 Å². The molecule has 2 N–H and O–H groups in total. The molecule has 2 amide bonds. The van der Waals surface area contributed by atoms with Crippen LogP contribution in [0.2, 0.25) is 0 Å². The fourth-order valence-electron chi connectivity index (χ4n) is 3.36. The topological polar surface area (TPSA) is 63.4 Å². The lowest BCUT2D eigenvalue weighted by atomic mass is 9.99. The summed E-state index contributed by atoms with van der Waals surface area (Å²) in [4.78, 5) is 12.5. The van der Waals surface area contributed by atoms with Crippen molar-refractivity contribution in [2.24, 2.45) is 0 Å². The summed E-state index contributed by atoms with van der Waals surface area (Å²) < 4.78 is 3.92. The Balaban J connectivity index is 1.40. The second-order valence-electron chi connectivity index (χ2n) is 6.73. The molecule has 0 bridgehead atoms. The summed E-state index contributed by atoms with van der Waals surface area (Å²) in [5.74, 6) is 0. The number of imidazole rings is 1. The minimum atomic E-state index is -0.196. The Morgan fingerprint density at radius 1 is 1.00 bits per heavy atom. The predicted octanol–water partition coefficient (Wildman–Crippen LogP) is 3.53. The van der Waals surface area contributed by atoms with Gasteiger partial charge in [0.15, 0.2) is 0 Å². The Morgan fingerprint density at radius 2 is 1.64 bits per heavy atom. The lowest BCUT2D eigenvalue weighted by molar-refractivity contribution is 0.238. The van der Waals surface area contributed by atoms with Gasteiger partial charge in [-0.15, -0.1) is 0 Å². The maximum atomic E-state index is 12.5. The van der Waals surface area contributed by atoms with Gasteiger partial charge in [0.1, 0.15) is 5.65 Å². The summed E-state index contributed by atoms with van der Waals surface area (Å²) in [6.07, 6.45) is 3.89. The molecule has 4 rings (SSSR count). The van der Waals surface area contributed by atoms with Gasteiger partial charge in [0.25, 0.3) is 0 Å². The van der Waals surface area contributed by atoms with E-state index in [1.54, 1.807) is 0 Å². The van der Waals surface area contributed by atoms with Crippen molar-refractivity contribution in [2.45, 2.75) is 19.5 Å². The Kier molecular flexibility index (Phi) is 5.10. The molecule has 0 atom stereocenters. The number of nitrogens with zero attached hydrogens (tertiary/aromatic N) is 3. The summed E-state index contributed by atoms with van der Waals surface area (Å²) in [5, 5.41) is 10.4. The smallest absolute Gasteiger partial charge is 0.315 e. The molecule has 28 heavy (non-hydrogen) atoms. The van der Waals surface area contributed by atoms with Crippen LogP contribution in [0.3, 0.4) is 0 Å². The number of aryl methyl sites for hydroxylation is 1. The molecule has 0 fully saturated rings. The maximum absolute atomic E-state index is 12.5. The summed E-state index contributed by atoms with van der Waals surface area (Å²) in [7, 11) is 0. The first-order chi connectivity index (χ1) is 13.7. The molecular formula is C22H23N5O. The highest BCUT2D eigenvalue weighted by Gasteiger charge is 2.16. The number of hydrogen-bond donors (Lipinski definition) is 2. The zero-order valence-corrected chi connectivity index (χ0v) is 15.7. The number of aromatic nitrogens is 3. The molecule has 0 aliphatic rings. The second-order valence-corrected chi connectivity index (χ2v) is 6.73. The van der Waals surface area contributed by atoms with Gasteiger partial charge in [-0.25, -0.2) is 9.31 Å². The van der Waals surface area contributed by atoms with Crippen molar-refractivity contribution in [3.63, 3.8) is 0 Å². The minimum absolute atomic E-state index is 0.189. The van der Waals surface area contributed by atoms with Crippen molar-refractivity contribution < 1.29 is 4.79 Å². The van der Waals surface area contributed by atoms with Crippen molar-refractivity contribution in [3.8, 4) is 0 Å². The van der Waals surface area contributed by atoms with E-state index in [1.807, 2.05) is 90.6 Å². The van der Waals surface area contributed by atoms with E-state index in [-0.39, 0.29) is 12.1 Å². The van der Waals surface area contributed by atoms with Gasteiger partial charge in [-0.1, -0.05) is 60.7 Å². The molecule has 0 radical (unpaired) electrons. The highest BCUT2D eigenvalue weighted by atomic mass is 16.2. The van der Waals surface area contributed by atoms with Crippen molar-refractivity contribution in [1.82, 2.24) is 24.8 Å². The molecule has 2 aromatic carbocycles. The summed E-state index contributed by atoms with van der Waals surface area (Å²) in [5.41, 5.74) is 4.09. The molecule has 0 spiro atoms. The standard InChI is InChI=1S/C22H23N5O/c1-17-16-20-26(14-15-27(20)25-17)13-12-23-22(28)24-21(18-8-4-2-5-9-18)19-10-6-3-7-11-19/h2-11,14-16,21H,12-13H2,1H3,(H2,23,24,28). The van der Waals surface area contributed by atoms with Crippen LogP contribution in [-0.4, -0.2) is 26.8 Å². The van der Waals surface area contributed by atoms with Crippen LogP contribution in [0.4, 0.5) is 4.79 Å². The summed E-state index contributed by atoms with van der Waals surface area (Å²) >= 11 is 0. The number of carbonyl (C=O) groups is 1. The van der Waals surface area contributed by atoms with E-state index in [0.717, 1.165) is 22.5 Å².